The number of aryl methyl sites for hydroxylation is 1. The molecule has 0 aromatic heterocycles. The molecule has 1 aliphatic carbocycles. The maximum atomic E-state index is 16.3. The summed E-state index contributed by atoms with van der Waals surface area (Å²) in [5, 5.41) is 2.59. The number of rotatable bonds is 14. The number of halogens is 3. The molecule has 1 saturated carbocycles. The third kappa shape index (κ3) is 8.38. The number of likely N-dealkylation sites (tertiary alicyclic amines) is 2. The van der Waals surface area contributed by atoms with E-state index >= 15 is 13.2 Å². The number of benzene rings is 3. The normalized spacial score (nSPS) is 22.6. The van der Waals surface area contributed by atoms with Crippen molar-refractivity contribution in [1.82, 2.24) is 9.80 Å². The molecule has 13 heteroatoms. The molecule has 0 radical (unpaired) electrons. The van der Waals surface area contributed by atoms with E-state index < -0.39 is 27.2 Å². The quantitative estimate of drug-likeness (QED) is 0.136. The lowest BCUT2D eigenvalue weighted by molar-refractivity contribution is -0.142. The second kappa shape index (κ2) is 16.6. The topological polar surface area (TPSA) is 99.3 Å². The Bertz CT molecular complexity index is 2100. The molecule has 3 aromatic carbocycles. The second-order valence-corrected chi connectivity index (χ2v) is 18.6. The van der Waals surface area contributed by atoms with Gasteiger partial charge in [-0.15, -0.1) is 0 Å². The third-order valence-corrected chi connectivity index (χ3v) is 14.8. The van der Waals surface area contributed by atoms with Crippen LogP contribution in [0.15, 0.2) is 83.1 Å². The van der Waals surface area contributed by atoms with E-state index in [9.17, 15) is 18.0 Å². The first-order chi connectivity index (χ1) is 27.2. The average Bonchev–Trinajstić information content (AvgIpc) is 3.62. The van der Waals surface area contributed by atoms with Gasteiger partial charge in [-0.3, -0.25) is 14.5 Å². The van der Waals surface area contributed by atoms with Crippen LogP contribution in [0.1, 0.15) is 56.1 Å². The molecule has 0 unspecified atom stereocenters. The largest absolute Gasteiger partial charge is 0.469 e. The molecular formula is C44H53F3N4O5S. The van der Waals surface area contributed by atoms with Gasteiger partial charge in [-0.1, -0.05) is 31.2 Å². The lowest BCUT2D eigenvalue weighted by Crippen LogP contribution is -2.65. The molecule has 4 aliphatic rings. The molecule has 1 amide bonds. The van der Waals surface area contributed by atoms with Crippen LogP contribution >= 0.6 is 0 Å². The van der Waals surface area contributed by atoms with Crippen LogP contribution in [-0.2, 0) is 29.6 Å². The van der Waals surface area contributed by atoms with E-state index in [0.29, 0.717) is 30.8 Å². The van der Waals surface area contributed by atoms with Crippen LogP contribution < -0.4 is 10.2 Å². The fourth-order valence-electron chi connectivity index (χ4n) is 10.1. The minimum absolute atomic E-state index is 0.0280. The average molecular weight is 807 g/mol. The first-order valence-electron chi connectivity index (χ1n) is 20.0. The summed E-state index contributed by atoms with van der Waals surface area (Å²) in [7, 11) is -2.70. The standard InChI is InChI=1S/C44H53F3N4O5S/c1-4-41(52)48-39-25-36(13-12-30(39)2)57(54,55)35-14-15-40(38(46)24-35)51-27-43(47,28-51)26-50-20-16-32(17-21-50)44(29-49-18-7-19-49,33-9-6-10-34(45)23-33)37-11-5-8-31(37)22-42(53)56-3/h4,6,9-10,12-15,23-25,31-32,37H,1,5,7-8,11,16-22,26-29H2,2-3H3,(H,48,52)/t31-,37+,44+/m1/s1. The summed E-state index contributed by atoms with van der Waals surface area (Å²) in [6, 6.07) is 15.0. The fraction of sp³-hybridized carbons (Fsp3) is 0.500. The molecule has 0 bridgehead atoms. The van der Waals surface area contributed by atoms with Gasteiger partial charge in [0.1, 0.15) is 11.6 Å². The first kappa shape index (κ1) is 41.0. The number of nitrogens with one attached hydrogen (secondary N) is 1. The maximum absolute atomic E-state index is 16.3. The fourth-order valence-corrected chi connectivity index (χ4v) is 11.4. The summed E-state index contributed by atoms with van der Waals surface area (Å²) in [6.45, 7) is 9.41. The number of amides is 1. The van der Waals surface area contributed by atoms with Gasteiger partial charge < -0.3 is 19.9 Å². The van der Waals surface area contributed by atoms with Crippen molar-refractivity contribution < 1.29 is 35.9 Å². The smallest absolute Gasteiger partial charge is 0.305 e. The number of nitrogens with zero attached hydrogens (tertiary/aromatic N) is 3. The molecular weight excluding hydrogens is 754 g/mol. The number of esters is 1. The van der Waals surface area contributed by atoms with Gasteiger partial charge in [0.05, 0.1) is 35.7 Å². The zero-order valence-corrected chi connectivity index (χ0v) is 33.6. The van der Waals surface area contributed by atoms with E-state index in [-0.39, 0.29) is 70.1 Å². The zero-order chi connectivity index (χ0) is 40.5. The van der Waals surface area contributed by atoms with E-state index in [2.05, 4.69) is 27.8 Å². The zero-order valence-electron chi connectivity index (χ0n) is 32.8. The van der Waals surface area contributed by atoms with Crippen LogP contribution in [0.5, 0.6) is 0 Å². The van der Waals surface area contributed by atoms with E-state index in [1.165, 1.54) is 37.4 Å². The molecule has 57 heavy (non-hydrogen) atoms. The highest BCUT2D eigenvalue weighted by atomic mass is 32.2. The Kier molecular flexibility index (Phi) is 11.9. The number of piperidine rings is 1. The SMILES string of the molecule is C=CC(=O)Nc1cc(S(=O)(=O)c2ccc(N3CC(F)(CN4CCC([C@@](CN5CCC5)(c5cccc(F)c5)[C@H]5CCC[C@@H]5CC(=O)OC)CC4)C3)c(F)c2)ccc1C. The van der Waals surface area contributed by atoms with Crippen molar-refractivity contribution in [3.63, 3.8) is 0 Å². The Morgan fingerprint density at radius 1 is 0.947 bits per heavy atom. The van der Waals surface area contributed by atoms with Gasteiger partial charge in [0, 0.05) is 30.6 Å². The maximum Gasteiger partial charge on any atom is 0.305 e. The number of hydrogen-bond donors (Lipinski definition) is 1. The van der Waals surface area contributed by atoms with Crippen molar-refractivity contribution in [2.24, 2.45) is 17.8 Å². The molecule has 3 aliphatic heterocycles. The van der Waals surface area contributed by atoms with Gasteiger partial charge in [0.15, 0.2) is 5.67 Å². The number of hydrogen-bond acceptors (Lipinski definition) is 8. The van der Waals surface area contributed by atoms with Gasteiger partial charge >= 0.3 is 5.97 Å². The monoisotopic (exact) mass is 806 g/mol. The minimum Gasteiger partial charge on any atom is -0.469 e. The summed E-state index contributed by atoms with van der Waals surface area (Å²) in [6.07, 6.45) is 7.07. The Labute approximate surface area is 334 Å². The van der Waals surface area contributed by atoms with Crippen molar-refractivity contribution in [1.29, 1.82) is 0 Å². The van der Waals surface area contributed by atoms with Crippen molar-refractivity contribution in [3.8, 4) is 0 Å². The number of ether oxygens (including phenoxy) is 1. The highest BCUT2D eigenvalue weighted by Crippen LogP contribution is 2.54. The highest BCUT2D eigenvalue weighted by Gasteiger charge is 2.53. The van der Waals surface area contributed by atoms with Crippen LogP contribution in [0.4, 0.5) is 24.5 Å². The number of carbonyl (C=O) groups is 2. The van der Waals surface area contributed by atoms with Crippen LogP contribution in [0.3, 0.4) is 0 Å². The summed E-state index contributed by atoms with van der Waals surface area (Å²) >= 11 is 0. The summed E-state index contributed by atoms with van der Waals surface area (Å²) < 4.78 is 79.0. The molecule has 4 fully saturated rings. The van der Waals surface area contributed by atoms with Gasteiger partial charge in [0.2, 0.25) is 15.7 Å². The lowest BCUT2D eigenvalue weighted by atomic mass is 9.56. The van der Waals surface area contributed by atoms with E-state index in [4.69, 9.17) is 4.74 Å². The Morgan fingerprint density at radius 2 is 1.67 bits per heavy atom. The lowest BCUT2D eigenvalue weighted by Gasteiger charge is -2.54. The molecule has 9 nitrogen and oxygen atoms in total. The van der Waals surface area contributed by atoms with Crippen molar-refractivity contribution in [3.05, 3.63) is 96.1 Å². The molecule has 306 valence electrons. The van der Waals surface area contributed by atoms with Gasteiger partial charge in [0.25, 0.3) is 0 Å². The minimum atomic E-state index is -4.13. The Hall–Kier alpha value is -4.20. The summed E-state index contributed by atoms with van der Waals surface area (Å²) in [5.74, 6) is -1.21. The van der Waals surface area contributed by atoms with E-state index in [1.807, 2.05) is 0 Å². The summed E-state index contributed by atoms with van der Waals surface area (Å²) in [5.41, 5.74) is 0.131. The molecule has 0 spiro atoms. The third-order valence-electron chi connectivity index (χ3n) is 13.1. The number of carbonyl (C=O) groups excluding carboxylic acids is 2. The predicted molar refractivity (Wildman–Crippen MR) is 214 cm³/mol. The summed E-state index contributed by atoms with van der Waals surface area (Å²) in [4.78, 5) is 30.3. The molecule has 3 atom stereocenters. The Morgan fingerprint density at radius 3 is 2.32 bits per heavy atom. The number of anilines is 2. The predicted octanol–water partition coefficient (Wildman–Crippen LogP) is 7.09. The van der Waals surface area contributed by atoms with Crippen molar-refractivity contribution in [2.45, 2.75) is 72.7 Å². The number of sulfone groups is 1. The van der Waals surface area contributed by atoms with Crippen LogP contribution in [0.25, 0.3) is 0 Å². The van der Waals surface area contributed by atoms with Gasteiger partial charge in [-0.25, -0.2) is 21.6 Å². The number of methoxy groups -OCH3 is 1. The molecule has 3 saturated heterocycles. The molecule has 3 heterocycles. The van der Waals surface area contributed by atoms with Crippen molar-refractivity contribution >= 4 is 33.1 Å². The first-order valence-corrected chi connectivity index (χ1v) is 21.5. The van der Waals surface area contributed by atoms with Crippen molar-refractivity contribution in [2.75, 3.05) is 69.7 Å². The van der Waals surface area contributed by atoms with Crippen LogP contribution in [-0.4, -0.2) is 95.2 Å². The van der Waals surface area contributed by atoms with E-state index in [1.54, 1.807) is 30.0 Å². The highest BCUT2D eigenvalue weighted by molar-refractivity contribution is 7.91. The van der Waals surface area contributed by atoms with Crippen LogP contribution in [0.2, 0.25) is 0 Å². The van der Waals surface area contributed by atoms with E-state index in [0.717, 1.165) is 75.9 Å². The molecule has 3 aromatic rings. The van der Waals surface area contributed by atoms with Crippen LogP contribution in [0, 0.1) is 36.3 Å². The number of alkyl halides is 1. The molecule has 1 N–H and O–H groups in total. The Balaban J connectivity index is 1.03. The molecule has 7 rings (SSSR count). The van der Waals surface area contributed by atoms with Gasteiger partial charge in [-0.2, -0.15) is 0 Å². The second-order valence-electron chi connectivity index (χ2n) is 16.6. The van der Waals surface area contributed by atoms with Gasteiger partial charge in [-0.05, 0) is 143 Å².